The molecule has 9 nitrogen and oxygen atoms in total. The molecule has 0 aliphatic carbocycles. The lowest BCUT2D eigenvalue weighted by molar-refractivity contribution is -0.139. The number of carbonyl (C=O) groups excluding carboxylic acids is 1. The van der Waals surface area contributed by atoms with Gasteiger partial charge in [0.25, 0.3) is 0 Å². The number of hydrogen-bond acceptors (Lipinski definition) is 9. The van der Waals surface area contributed by atoms with Crippen molar-refractivity contribution in [1.29, 1.82) is 0 Å². The van der Waals surface area contributed by atoms with Crippen LogP contribution in [0.5, 0.6) is 17.2 Å². The largest absolute Gasteiger partial charge is 0.506 e. The topological polar surface area (TPSA) is 124 Å². The first-order valence-corrected chi connectivity index (χ1v) is 11.5. The fraction of sp³-hybridized carbons (Fsp3) is 0.240. The normalized spacial score (nSPS) is 15.4. The molecule has 0 spiro atoms. The van der Waals surface area contributed by atoms with Crippen molar-refractivity contribution >= 4 is 40.5 Å². The second kappa shape index (κ2) is 12.0. The number of carboxylic acids is 1. The zero-order valence-electron chi connectivity index (χ0n) is 19.4. The molecule has 0 bridgehead atoms. The van der Waals surface area contributed by atoms with E-state index in [4.69, 9.17) is 24.1 Å². The van der Waals surface area contributed by atoms with Crippen molar-refractivity contribution in [3.63, 3.8) is 0 Å². The first-order valence-electron chi connectivity index (χ1n) is 10.7. The van der Waals surface area contributed by atoms with E-state index in [0.717, 1.165) is 11.8 Å². The van der Waals surface area contributed by atoms with Crippen LogP contribution in [0.3, 0.4) is 0 Å². The maximum atomic E-state index is 12.6. The molecular weight excluding hydrogens is 474 g/mol. The molecule has 0 saturated carbocycles. The summed E-state index contributed by atoms with van der Waals surface area (Å²) in [6.45, 7) is 3.45. The van der Waals surface area contributed by atoms with Gasteiger partial charge in [-0.25, -0.2) is 14.6 Å². The molecule has 2 aromatic carbocycles. The summed E-state index contributed by atoms with van der Waals surface area (Å²) in [5.41, 5.74) is 1.19. The second-order valence-corrected chi connectivity index (χ2v) is 8.02. The molecule has 2 N–H and O–H groups in total. The van der Waals surface area contributed by atoms with Gasteiger partial charge in [-0.3, -0.25) is 0 Å². The van der Waals surface area contributed by atoms with Crippen LogP contribution in [0.1, 0.15) is 19.4 Å². The third-order valence-corrected chi connectivity index (χ3v) is 5.61. The minimum atomic E-state index is -1.11. The van der Waals surface area contributed by atoms with Crippen molar-refractivity contribution < 1.29 is 38.7 Å². The molecule has 3 rings (SSSR count). The lowest BCUT2D eigenvalue weighted by Crippen LogP contribution is -2.12. The van der Waals surface area contributed by atoms with E-state index in [9.17, 15) is 14.7 Å². The molecule has 1 aliphatic heterocycles. The average Bonchev–Trinajstić information content (AvgIpc) is 3.13. The van der Waals surface area contributed by atoms with Gasteiger partial charge in [-0.2, -0.15) is 0 Å². The standard InChI is InChI=1S/C25H25NO8S/c1-4-32-19-12-15(6-11-18(19)34-14-21(27)28)13-20-23(29)22(25(30)33-5-2)24(35-20)26-16-7-9-17(31-3)10-8-16/h6-13,29H,4-5,14H2,1-3H3,(H,27,28)/b20-13-,26-24?. The molecular formula is C25H25NO8S. The Morgan fingerprint density at radius 2 is 1.77 bits per heavy atom. The molecule has 0 atom stereocenters. The van der Waals surface area contributed by atoms with E-state index in [1.54, 1.807) is 69.5 Å². The Morgan fingerprint density at radius 3 is 2.40 bits per heavy atom. The third-order valence-electron chi connectivity index (χ3n) is 4.59. The maximum Gasteiger partial charge on any atom is 0.344 e. The Labute approximate surface area is 206 Å². The van der Waals surface area contributed by atoms with Gasteiger partial charge in [-0.1, -0.05) is 17.8 Å². The molecule has 0 saturated heterocycles. The summed E-state index contributed by atoms with van der Waals surface area (Å²) in [6, 6.07) is 11.9. The van der Waals surface area contributed by atoms with Gasteiger partial charge < -0.3 is 29.2 Å². The van der Waals surface area contributed by atoms with Gasteiger partial charge in [0.1, 0.15) is 22.1 Å². The molecule has 1 aliphatic rings. The van der Waals surface area contributed by atoms with Crippen LogP contribution in [-0.2, 0) is 14.3 Å². The van der Waals surface area contributed by atoms with Crippen LogP contribution in [0.15, 0.2) is 63.7 Å². The van der Waals surface area contributed by atoms with Crippen LogP contribution in [0.2, 0.25) is 0 Å². The van der Waals surface area contributed by atoms with Crippen molar-refractivity contribution in [2.75, 3.05) is 26.9 Å². The number of methoxy groups -OCH3 is 1. The van der Waals surface area contributed by atoms with E-state index in [2.05, 4.69) is 4.99 Å². The summed E-state index contributed by atoms with van der Waals surface area (Å²) in [5, 5.41) is 20.0. The van der Waals surface area contributed by atoms with Crippen LogP contribution in [0.4, 0.5) is 5.69 Å². The van der Waals surface area contributed by atoms with Gasteiger partial charge in [0.2, 0.25) is 0 Å². The minimum Gasteiger partial charge on any atom is -0.506 e. The lowest BCUT2D eigenvalue weighted by atomic mass is 10.1. The first kappa shape index (κ1) is 25.7. The van der Waals surface area contributed by atoms with E-state index in [1.165, 1.54) is 0 Å². The van der Waals surface area contributed by atoms with Gasteiger partial charge in [0, 0.05) is 0 Å². The number of carbonyl (C=O) groups is 2. The highest BCUT2D eigenvalue weighted by atomic mass is 32.2. The van der Waals surface area contributed by atoms with Gasteiger partial charge in [-0.15, -0.1) is 0 Å². The number of ether oxygens (including phenoxy) is 4. The zero-order chi connectivity index (χ0) is 25.4. The lowest BCUT2D eigenvalue weighted by Gasteiger charge is -2.11. The molecule has 0 amide bonds. The summed E-state index contributed by atoms with van der Waals surface area (Å²) in [7, 11) is 1.56. The SMILES string of the molecule is CCOC(=O)C1=C(O)/C(=C/c2ccc(OCC(=O)O)c(OCC)c2)SC1=Nc1ccc(OC)cc1. The molecule has 0 radical (unpaired) electrons. The molecule has 10 heteroatoms. The Hall–Kier alpha value is -3.92. The van der Waals surface area contributed by atoms with Crippen LogP contribution in [0.25, 0.3) is 6.08 Å². The average molecular weight is 500 g/mol. The number of hydrogen-bond donors (Lipinski definition) is 2. The number of aliphatic hydroxyl groups excluding tert-OH is 1. The van der Waals surface area contributed by atoms with Crippen molar-refractivity contribution in [2.45, 2.75) is 13.8 Å². The fourth-order valence-electron chi connectivity index (χ4n) is 3.06. The molecule has 0 unspecified atom stereocenters. The third kappa shape index (κ3) is 6.57. The van der Waals surface area contributed by atoms with E-state index in [1.807, 2.05) is 0 Å². The Morgan fingerprint density at radius 1 is 1.03 bits per heavy atom. The highest BCUT2D eigenvalue weighted by molar-refractivity contribution is 8.18. The van der Waals surface area contributed by atoms with Crippen LogP contribution in [0, 0.1) is 0 Å². The van der Waals surface area contributed by atoms with Crippen molar-refractivity contribution in [2.24, 2.45) is 4.99 Å². The minimum absolute atomic E-state index is 0.0228. The number of rotatable bonds is 10. The van der Waals surface area contributed by atoms with E-state index in [-0.39, 0.29) is 23.7 Å². The number of nitrogens with zero attached hydrogens (tertiary/aromatic N) is 1. The molecule has 0 aromatic heterocycles. The zero-order valence-corrected chi connectivity index (χ0v) is 20.3. The number of aliphatic hydroxyl groups is 1. The van der Waals surface area contributed by atoms with Crippen molar-refractivity contribution in [3.8, 4) is 17.2 Å². The molecule has 0 fully saturated rings. The number of benzene rings is 2. The van der Waals surface area contributed by atoms with Crippen LogP contribution >= 0.6 is 11.8 Å². The van der Waals surface area contributed by atoms with E-state index < -0.39 is 18.5 Å². The maximum absolute atomic E-state index is 12.6. The quantitative estimate of drug-likeness (QED) is 0.446. The predicted octanol–water partition coefficient (Wildman–Crippen LogP) is 4.75. The van der Waals surface area contributed by atoms with Crippen LogP contribution < -0.4 is 14.2 Å². The van der Waals surface area contributed by atoms with E-state index >= 15 is 0 Å². The number of aliphatic imine (C=N–C) groups is 1. The van der Waals surface area contributed by atoms with Gasteiger partial charge in [0.15, 0.2) is 18.1 Å². The highest BCUT2D eigenvalue weighted by Crippen LogP contribution is 2.41. The Kier molecular flexibility index (Phi) is 8.80. The summed E-state index contributed by atoms with van der Waals surface area (Å²) >= 11 is 1.12. The first-order chi connectivity index (χ1) is 16.9. The Balaban J connectivity index is 1.98. The fourth-order valence-corrected chi connectivity index (χ4v) is 4.09. The van der Waals surface area contributed by atoms with Crippen molar-refractivity contribution in [1.82, 2.24) is 0 Å². The monoisotopic (exact) mass is 499 g/mol. The second-order valence-electron chi connectivity index (χ2n) is 6.99. The summed E-state index contributed by atoms with van der Waals surface area (Å²) in [4.78, 5) is 28.4. The molecule has 1 heterocycles. The number of aliphatic carboxylic acids is 1. The number of esters is 1. The number of carboxylic acid groups (broad SMARTS) is 1. The molecule has 184 valence electrons. The smallest absolute Gasteiger partial charge is 0.344 e. The number of thioether (sulfide) groups is 1. The summed E-state index contributed by atoms with van der Waals surface area (Å²) < 4.78 is 21.1. The summed E-state index contributed by atoms with van der Waals surface area (Å²) in [5.74, 6) is -0.730. The summed E-state index contributed by atoms with van der Waals surface area (Å²) in [6.07, 6.45) is 1.67. The Bertz CT molecular complexity index is 1180. The predicted molar refractivity (Wildman–Crippen MR) is 133 cm³/mol. The van der Waals surface area contributed by atoms with Gasteiger partial charge >= 0.3 is 11.9 Å². The van der Waals surface area contributed by atoms with E-state index in [0.29, 0.717) is 39.3 Å². The molecule has 35 heavy (non-hydrogen) atoms. The molecule has 2 aromatic rings. The van der Waals surface area contributed by atoms with Crippen LogP contribution in [-0.4, -0.2) is 54.1 Å². The van der Waals surface area contributed by atoms with Gasteiger partial charge in [0.05, 0.1) is 30.9 Å². The van der Waals surface area contributed by atoms with Gasteiger partial charge in [-0.05, 0) is 61.9 Å². The highest BCUT2D eigenvalue weighted by Gasteiger charge is 2.33. The van der Waals surface area contributed by atoms with Crippen molar-refractivity contribution in [3.05, 3.63) is 64.3 Å².